The van der Waals surface area contributed by atoms with Crippen LogP contribution in [0.15, 0.2) is 30.3 Å². The maximum absolute atomic E-state index is 12.3. The van der Waals surface area contributed by atoms with Crippen LogP contribution in [0.5, 0.6) is 0 Å². The normalized spacial score (nSPS) is 26.3. The molecule has 1 aliphatic rings. The highest BCUT2D eigenvalue weighted by atomic mass is 16.5. The Bertz CT molecular complexity index is 444. The summed E-state index contributed by atoms with van der Waals surface area (Å²) >= 11 is 0. The van der Waals surface area contributed by atoms with Crippen LogP contribution in [-0.2, 0) is 9.53 Å². The molecule has 4 nitrogen and oxygen atoms in total. The minimum absolute atomic E-state index is 0.00337. The predicted octanol–water partition coefficient (Wildman–Crippen LogP) is 1.65. The zero-order valence-corrected chi connectivity index (χ0v) is 11.6. The van der Waals surface area contributed by atoms with Crippen molar-refractivity contribution in [3.8, 4) is 0 Å². The Morgan fingerprint density at radius 3 is 2.53 bits per heavy atom. The van der Waals surface area contributed by atoms with Gasteiger partial charge in [0.15, 0.2) is 6.10 Å². The van der Waals surface area contributed by atoms with E-state index < -0.39 is 6.10 Å². The minimum Gasteiger partial charge on any atom is -0.392 e. The molecule has 0 heterocycles. The van der Waals surface area contributed by atoms with Crippen molar-refractivity contribution >= 4 is 5.91 Å². The van der Waals surface area contributed by atoms with Crippen LogP contribution in [0.1, 0.15) is 31.9 Å². The number of methoxy groups -OCH3 is 1. The second-order valence-electron chi connectivity index (χ2n) is 5.66. The Labute approximate surface area is 113 Å². The molecule has 4 heteroatoms. The summed E-state index contributed by atoms with van der Waals surface area (Å²) in [5.74, 6) is -0.154. The van der Waals surface area contributed by atoms with Gasteiger partial charge in [0.25, 0.3) is 5.91 Å². The average molecular weight is 263 g/mol. The first kappa shape index (κ1) is 14.0. The number of rotatable bonds is 4. The molecule has 0 aliphatic heterocycles. The lowest BCUT2D eigenvalue weighted by Crippen LogP contribution is -2.61. The second kappa shape index (κ2) is 5.31. The van der Waals surface area contributed by atoms with E-state index >= 15 is 0 Å². The molecule has 19 heavy (non-hydrogen) atoms. The zero-order chi connectivity index (χ0) is 14.0. The zero-order valence-electron chi connectivity index (χ0n) is 11.6. The van der Waals surface area contributed by atoms with Crippen LogP contribution < -0.4 is 5.32 Å². The van der Waals surface area contributed by atoms with Gasteiger partial charge in [0.1, 0.15) is 0 Å². The van der Waals surface area contributed by atoms with E-state index in [2.05, 4.69) is 5.32 Å². The third-order valence-corrected chi connectivity index (χ3v) is 4.11. The number of ether oxygens (including phenoxy) is 1. The van der Waals surface area contributed by atoms with Crippen molar-refractivity contribution in [1.82, 2.24) is 5.32 Å². The highest BCUT2D eigenvalue weighted by Crippen LogP contribution is 2.40. The fraction of sp³-hybridized carbons (Fsp3) is 0.533. The number of carbonyl (C=O) groups excluding carboxylic acids is 1. The summed E-state index contributed by atoms with van der Waals surface area (Å²) in [6.07, 6.45) is -0.352. The van der Waals surface area contributed by atoms with E-state index in [0.29, 0.717) is 6.42 Å². The van der Waals surface area contributed by atoms with Gasteiger partial charge in [0.2, 0.25) is 0 Å². The minimum atomic E-state index is -0.602. The monoisotopic (exact) mass is 263 g/mol. The van der Waals surface area contributed by atoms with Crippen molar-refractivity contribution in [3.63, 3.8) is 0 Å². The van der Waals surface area contributed by atoms with E-state index in [-0.39, 0.29) is 23.5 Å². The fourth-order valence-corrected chi connectivity index (χ4v) is 2.42. The summed E-state index contributed by atoms with van der Waals surface area (Å²) in [6, 6.07) is 9.40. The lowest BCUT2D eigenvalue weighted by molar-refractivity contribution is -0.139. The molecule has 3 atom stereocenters. The van der Waals surface area contributed by atoms with Gasteiger partial charge < -0.3 is 15.2 Å². The van der Waals surface area contributed by atoms with E-state index in [9.17, 15) is 9.90 Å². The third kappa shape index (κ3) is 2.65. The smallest absolute Gasteiger partial charge is 0.253 e. The summed E-state index contributed by atoms with van der Waals surface area (Å²) in [5, 5.41) is 12.7. The molecule has 1 aromatic carbocycles. The molecular formula is C15H21NO3. The summed E-state index contributed by atoms with van der Waals surface area (Å²) in [4.78, 5) is 12.3. The van der Waals surface area contributed by atoms with E-state index in [0.717, 1.165) is 5.56 Å². The molecule has 1 amide bonds. The van der Waals surface area contributed by atoms with Gasteiger partial charge in [0.05, 0.1) is 6.10 Å². The van der Waals surface area contributed by atoms with Gasteiger partial charge in [-0.3, -0.25) is 4.79 Å². The number of aliphatic hydroxyl groups is 1. The van der Waals surface area contributed by atoms with Crippen molar-refractivity contribution in [2.45, 2.75) is 38.5 Å². The summed E-state index contributed by atoms with van der Waals surface area (Å²) < 4.78 is 5.29. The Hall–Kier alpha value is -1.39. The maximum Gasteiger partial charge on any atom is 0.253 e. The third-order valence-electron chi connectivity index (χ3n) is 4.11. The number of benzene rings is 1. The molecule has 0 aromatic heterocycles. The Kier molecular flexibility index (Phi) is 3.92. The number of carbonyl (C=O) groups is 1. The number of hydrogen-bond donors (Lipinski definition) is 2. The molecule has 0 bridgehead atoms. The van der Waals surface area contributed by atoms with Crippen LogP contribution in [-0.4, -0.2) is 30.3 Å². The van der Waals surface area contributed by atoms with E-state index in [4.69, 9.17) is 4.74 Å². The molecule has 2 rings (SSSR count). The first-order valence-corrected chi connectivity index (χ1v) is 6.53. The predicted molar refractivity (Wildman–Crippen MR) is 72.5 cm³/mol. The van der Waals surface area contributed by atoms with Gasteiger partial charge in [-0.1, -0.05) is 44.2 Å². The molecular weight excluding hydrogens is 242 g/mol. The molecule has 0 spiro atoms. The molecule has 0 radical (unpaired) electrons. The van der Waals surface area contributed by atoms with Crippen molar-refractivity contribution in [3.05, 3.63) is 35.9 Å². The summed E-state index contributed by atoms with van der Waals surface area (Å²) in [6.45, 7) is 3.91. The van der Waals surface area contributed by atoms with E-state index in [1.165, 1.54) is 7.11 Å². The largest absolute Gasteiger partial charge is 0.392 e. The Morgan fingerprint density at radius 1 is 1.42 bits per heavy atom. The SMILES string of the molecule is COC(C(=O)NC1CC(O)C1(C)C)c1ccccc1. The van der Waals surface area contributed by atoms with Crippen LogP contribution in [0.4, 0.5) is 0 Å². The van der Waals surface area contributed by atoms with Crippen LogP contribution in [0.25, 0.3) is 0 Å². The van der Waals surface area contributed by atoms with Gasteiger partial charge in [-0.25, -0.2) is 0 Å². The van der Waals surface area contributed by atoms with Crippen LogP contribution in [0, 0.1) is 5.41 Å². The van der Waals surface area contributed by atoms with Gasteiger partial charge >= 0.3 is 0 Å². The number of nitrogens with one attached hydrogen (secondary N) is 1. The molecule has 2 N–H and O–H groups in total. The van der Waals surface area contributed by atoms with Gasteiger partial charge in [-0.05, 0) is 12.0 Å². The van der Waals surface area contributed by atoms with Crippen LogP contribution >= 0.6 is 0 Å². The van der Waals surface area contributed by atoms with Gasteiger partial charge in [-0.15, -0.1) is 0 Å². The Balaban J connectivity index is 2.03. The quantitative estimate of drug-likeness (QED) is 0.868. The first-order chi connectivity index (χ1) is 8.96. The summed E-state index contributed by atoms with van der Waals surface area (Å²) in [5.41, 5.74) is 0.560. The lowest BCUT2D eigenvalue weighted by atomic mass is 9.64. The number of hydrogen-bond acceptors (Lipinski definition) is 3. The van der Waals surface area contributed by atoms with Crippen LogP contribution in [0.3, 0.4) is 0 Å². The lowest BCUT2D eigenvalue weighted by Gasteiger charge is -2.49. The van der Waals surface area contributed by atoms with Crippen molar-refractivity contribution < 1.29 is 14.6 Å². The second-order valence-corrected chi connectivity index (χ2v) is 5.66. The molecule has 3 unspecified atom stereocenters. The molecule has 1 fully saturated rings. The highest BCUT2D eigenvalue weighted by molar-refractivity contribution is 5.82. The standard InChI is InChI=1S/C15H21NO3/c1-15(2)11(9-12(15)17)16-14(18)13(19-3)10-7-5-4-6-8-10/h4-8,11-13,17H,9H2,1-3H3,(H,16,18). The number of amides is 1. The van der Waals surface area contributed by atoms with Crippen molar-refractivity contribution in [1.29, 1.82) is 0 Å². The first-order valence-electron chi connectivity index (χ1n) is 6.53. The van der Waals surface area contributed by atoms with Crippen molar-refractivity contribution in [2.75, 3.05) is 7.11 Å². The fourth-order valence-electron chi connectivity index (χ4n) is 2.42. The molecule has 1 aromatic rings. The van der Waals surface area contributed by atoms with Gasteiger partial charge in [0, 0.05) is 18.6 Å². The molecule has 1 saturated carbocycles. The maximum atomic E-state index is 12.3. The van der Waals surface area contributed by atoms with Gasteiger partial charge in [-0.2, -0.15) is 0 Å². The Morgan fingerprint density at radius 2 is 2.05 bits per heavy atom. The molecule has 104 valence electrons. The average Bonchev–Trinajstić information content (AvgIpc) is 2.40. The van der Waals surface area contributed by atoms with Crippen molar-refractivity contribution in [2.24, 2.45) is 5.41 Å². The van der Waals surface area contributed by atoms with E-state index in [1.807, 2.05) is 44.2 Å². The molecule has 0 saturated heterocycles. The number of aliphatic hydroxyl groups excluding tert-OH is 1. The molecule has 1 aliphatic carbocycles. The van der Waals surface area contributed by atoms with Crippen LogP contribution in [0.2, 0.25) is 0 Å². The van der Waals surface area contributed by atoms with E-state index in [1.54, 1.807) is 0 Å². The summed E-state index contributed by atoms with van der Waals surface area (Å²) in [7, 11) is 1.53. The highest BCUT2D eigenvalue weighted by Gasteiger charge is 2.48. The topological polar surface area (TPSA) is 58.6 Å².